The summed E-state index contributed by atoms with van der Waals surface area (Å²) in [6.07, 6.45) is 6.07. The van der Waals surface area contributed by atoms with E-state index in [2.05, 4.69) is 38.1 Å². The Morgan fingerprint density at radius 3 is 2.71 bits per heavy atom. The van der Waals surface area contributed by atoms with E-state index in [-0.39, 0.29) is 6.61 Å². The lowest BCUT2D eigenvalue weighted by molar-refractivity contribution is 0.138. The zero-order valence-electron chi connectivity index (χ0n) is 19.4. The quantitative estimate of drug-likeness (QED) is 0.593. The SMILES string of the molecule is CC#Cc1cnc(C2=CCN(c3nc4c(c(NC(C)(C)COC(N)=O)n3)[S@@](=O)CC4)CC2)nc1. The van der Waals surface area contributed by atoms with Crippen molar-refractivity contribution in [2.45, 2.75) is 44.0 Å². The number of ether oxygens (including phenoxy) is 1. The second-order valence-electron chi connectivity index (χ2n) is 8.66. The number of rotatable bonds is 6. The summed E-state index contributed by atoms with van der Waals surface area (Å²) in [6.45, 7) is 6.83. The molecule has 3 N–H and O–H groups in total. The van der Waals surface area contributed by atoms with Crippen LogP contribution in [0.4, 0.5) is 16.6 Å². The predicted molar refractivity (Wildman–Crippen MR) is 130 cm³/mol. The van der Waals surface area contributed by atoms with Gasteiger partial charge in [-0.25, -0.2) is 19.7 Å². The molecule has 178 valence electrons. The van der Waals surface area contributed by atoms with Crippen LogP contribution in [0.2, 0.25) is 0 Å². The van der Waals surface area contributed by atoms with Crippen molar-refractivity contribution in [2.75, 3.05) is 35.7 Å². The average Bonchev–Trinajstić information content (AvgIpc) is 3.19. The van der Waals surface area contributed by atoms with E-state index in [9.17, 15) is 9.00 Å². The molecule has 0 bridgehead atoms. The van der Waals surface area contributed by atoms with Crippen LogP contribution in [0.25, 0.3) is 5.57 Å². The topological polar surface area (TPSA) is 136 Å². The van der Waals surface area contributed by atoms with Gasteiger partial charge in [0.05, 0.1) is 27.6 Å². The standard InChI is InChI=1S/C23H27N7O3S/c1-4-5-15-12-25-19(26-13-15)16-6-9-30(10-7-16)22-27-17-8-11-34(32)18(17)20(28-22)29-23(2,3)14-33-21(24)31/h6,12-13H,7-11,14H2,1-3H3,(H2,24,31)(H,27,28,29)/t34-/m0/s1. The van der Waals surface area contributed by atoms with Crippen molar-refractivity contribution in [3.05, 3.63) is 35.6 Å². The van der Waals surface area contributed by atoms with Crippen LogP contribution in [-0.4, -0.2) is 61.2 Å². The number of nitrogens with zero attached hydrogens (tertiary/aromatic N) is 5. The molecule has 2 aliphatic rings. The lowest BCUT2D eigenvalue weighted by atomic mass is 10.1. The Balaban J connectivity index is 1.55. The van der Waals surface area contributed by atoms with E-state index in [1.165, 1.54) is 0 Å². The van der Waals surface area contributed by atoms with Gasteiger partial charge in [0.15, 0.2) is 5.82 Å². The number of primary amides is 1. The van der Waals surface area contributed by atoms with E-state index in [0.717, 1.165) is 23.3 Å². The summed E-state index contributed by atoms with van der Waals surface area (Å²) in [5.74, 6) is 8.07. The Morgan fingerprint density at radius 1 is 1.29 bits per heavy atom. The highest BCUT2D eigenvalue weighted by molar-refractivity contribution is 7.85. The number of aromatic nitrogens is 4. The number of nitrogens with two attached hydrogens (primary N) is 1. The maximum Gasteiger partial charge on any atom is 0.404 e. The first-order valence-corrected chi connectivity index (χ1v) is 12.3. The Morgan fingerprint density at radius 2 is 2.06 bits per heavy atom. The molecule has 0 saturated heterocycles. The van der Waals surface area contributed by atoms with Crippen LogP contribution in [0.3, 0.4) is 0 Å². The second-order valence-corrected chi connectivity index (χ2v) is 10.2. The van der Waals surface area contributed by atoms with E-state index in [1.54, 1.807) is 19.3 Å². The van der Waals surface area contributed by atoms with E-state index in [1.807, 2.05) is 13.8 Å². The molecule has 2 aromatic heterocycles. The van der Waals surface area contributed by atoms with E-state index >= 15 is 0 Å². The van der Waals surface area contributed by atoms with Crippen LogP contribution in [0.1, 0.15) is 44.3 Å². The first-order chi connectivity index (χ1) is 16.3. The minimum Gasteiger partial charge on any atom is -0.447 e. The summed E-state index contributed by atoms with van der Waals surface area (Å²) in [5, 5.41) is 3.28. The molecule has 0 aliphatic carbocycles. The number of aryl methyl sites for hydroxylation is 1. The van der Waals surface area contributed by atoms with Crippen molar-refractivity contribution in [2.24, 2.45) is 5.73 Å². The molecular formula is C23H27N7O3S. The molecule has 4 heterocycles. The molecular weight excluding hydrogens is 454 g/mol. The Hall–Kier alpha value is -3.52. The number of carbonyl (C=O) groups is 1. The largest absolute Gasteiger partial charge is 0.447 e. The number of carbonyl (C=O) groups excluding carboxylic acids is 1. The average molecular weight is 482 g/mol. The fourth-order valence-electron chi connectivity index (χ4n) is 3.77. The molecule has 1 amide bonds. The van der Waals surface area contributed by atoms with Crippen molar-refractivity contribution in [1.29, 1.82) is 0 Å². The van der Waals surface area contributed by atoms with Crippen LogP contribution < -0.4 is 16.0 Å². The van der Waals surface area contributed by atoms with E-state index in [4.69, 9.17) is 20.4 Å². The fraction of sp³-hybridized carbons (Fsp3) is 0.435. The molecule has 0 unspecified atom stereocenters. The zero-order valence-corrected chi connectivity index (χ0v) is 20.2. The second kappa shape index (κ2) is 9.77. The molecule has 10 nitrogen and oxygen atoms in total. The van der Waals surface area contributed by atoms with Crippen molar-refractivity contribution < 1.29 is 13.7 Å². The fourth-order valence-corrected chi connectivity index (χ4v) is 5.08. The summed E-state index contributed by atoms with van der Waals surface area (Å²) in [7, 11) is -1.18. The number of anilines is 2. The van der Waals surface area contributed by atoms with Gasteiger partial charge < -0.3 is 20.7 Å². The van der Waals surface area contributed by atoms with Gasteiger partial charge in [0.2, 0.25) is 5.95 Å². The summed E-state index contributed by atoms with van der Waals surface area (Å²) < 4.78 is 17.6. The number of hydrogen-bond donors (Lipinski definition) is 2. The molecule has 0 fully saturated rings. The van der Waals surface area contributed by atoms with Crippen molar-refractivity contribution in [3.8, 4) is 11.8 Å². The van der Waals surface area contributed by atoms with Gasteiger partial charge in [-0.1, -0.05) is 12.0 Å². The highest BCUT2D eigenvalue weighted by Gasteiger charge is 2.31. The van der Waals surface area contributed by atoms with Crippen LogP contribution in [0.15, 0.2) is 23.4 Å². The number of nitrogens with one attached hydrogen (secondary N) is 1. The summed E-state index contributed by atoms with van der Waals surface area (Å²) >= 11 is 0. The maximum atomic E-state index is 12.6. The monoisotopic (exact) mass is 481 g/mol. The van der Waals surface area contributed by atoms with Gasteiger partial charge in [-0.05, 0) is 32.8 Å². The Labute approximate surface area is 200 Å². The van der Waals surface area contributed by atoms with Gasteiger partial charge in [0, 0.05) is 37.7 Å². The van der Waals surface area contributed by atoms with Gasteiger partial charge in [-0.2, -0.15) is 4.98 Å². The van der Waals surface area contributed by atoms with Gasteiger partial charge in [-0.15, -0.1) is 5.92 Å². The van der Waals surface area contributed by atoms with Crippen LogP contribution in [-0.2, 0) is 22.0 Å². The van der Waals surface area contributed by atoms with Gasteiger partial charge in [0.25, 0.3) is 0 Å². The van der Waals surface area contributed by atoms with E-state index in [0.29, 0.717) is 47.7 Å². The van der Waals surface area contributed by atoms with Gasteiger partial charge >= 0.3 is 6.09 Å². The summed E-state index contributed by atoms with van der Waals surface area (Å²) in [5.41, 5.74) is 7.08. The Bertz CT molecular complexity index is 1220. The third-order valence-electron chi connectivity index (χ3n) is 5.41. The number of hydrogen-bond acceptors (Lipinski definition) is 9. The number of fused-ring (bicyclic) bond motifs is 1. The molecule has 2 aliphatic heterocycles. The molecule has 4 rings (SSSR count). The molecule has 34 heavy (non-hydrogen) atoms. The smallest absolute Gasteiger partial charge is 0.404 e. The number of amides is 1. The highest BCUT2D eigenvalue weighted by atomic mass is 32.2. The zero-order chi connectivity index (χ0) is 24.3. The third-order valence-corrected chi connectivity index (χ3v) is 6.87. The van der Waals surface area contributed by atoms with Crippen LogP contribution >= 0.6 is 0 Å². The third kappa shape index (κ3) is 5.34. The molecule has 0 radical (unpaired) electrons. The molecule has 0 aromatic carbocycles. The normalized spacial score (nSPS) is 17.3. The first-order valence-electron chi connectivity index (χ1n) is 10.9. The molecule has 1 atom stereocenters. The highest BCUT2D eigenvalue weighted by Crippen LogP contribution is 2.32. The van der Waals surface area contributed by atoms with Gasteiger partial charge in [0.1, 0.15) is 17.3 Å². The molecule has 2 aromatic rings. The molecule has 0 saturated carbocycles. The van der Waals surface area contributed by atoms with Crippen molar-refractivity contribution in [1.82, 2.24) is 19.9 Å². The Kier molecular flexibility index (Phi) is 6.79. The van der Waals surface area contributed by atoms with Crippen LogP contribution in [0.5, 0.6) is 0 Å². The predicted octanol–water partition coefficient (Wildman–Crippen LogP) is 1.88. The summed E-state index contributed by atoms with van der Waals surface area (Å²) in [4.78, 5) is 32.1. The van der Waals surface area contributed by atoms with E-state index < -0.39 is 22.4 Å². The van der Waals surface area contributed by atoms with Crippen molar-refractivity contribution in [3.63, 3.8) is 0 Å². The van der Waals surface area contributed by atoms with Crippen LogP contribution in [0, 0.1) is 11.8 Å². The summed E-state index contributed by atoms with van der Waals surface area (Å²) in [6, 6.07) is 0. The minimum atomic E-state index is -1.18. The maximum absolute atomic E-state index is 12.6. The molecule has 11 heteroatoms. The minimum absolute atomic E-state index is 0.0432. The lowest BCUT2D eigenvalue weighted by Gasteiger charge is -2.29. The first kappa shape index (κ1) is 23.6. The lowest BCUT2D eigenvalue weighted by Crippen LogP contribution is -2.39. The van der Waals surface area contributed by atoms with Gasteiger partial charge in [-0.3, -0.25) is 4.21 Å². The van der Waals surface area contributed by atoms with Crippen molar-refractivity contribution >= 4 is 34.2 Å². The molecule has 0 spiro atoms.